The number of benzene rings is 2. The van der Waals surface area contributed by atoms with Gasteiger partial charge in [-0.15, -0.1) is 0 Å². The van der Waals surface area contributed by atoms with Crippen molar-refractivity contribution in [1.29, 1.82) is 0 Å². The van der Waals surface area contributed by atoms with Crippen LogP contribution in [0.4, 0.5) is 0 Å². The molecule has 0 fully saturated rings. The fourth-order valence-electron chi connectivity index (χ4n) is 2.39. The molecule has 0 aliphatic carbocycles. The smallest absolute Gasteiger partial charge is 0.349 e. The minimum Gasteiger partial charge on any atom is -0.422 e. The van der Waals surface area contributed by atoms with Crippen LogP contribution in [0.25, 0.3) is 11.0 Å². The first-order valence-corrected chi connectivity index (χ1v) is 7.24. The molecule has 3 rings (SSSR count). The van der Waals surface area contributed by atoms with E-state index in [0.29, 0.717) is 16.5 Å². The number of fused-ring (bicyclic) bond motifs is 1. The highest BCUT2D eigenvalue weighted by molar-refractivity contribution is 5.99. The van der Waals surface area contributed by atoms with Crippen molar-refractivity contribution in [2.75, 3.05) is 0 Å². The number of carbonyl (C=O) groups is 2. The lowest BCUT2D eigenvalue weighted by atomic mass is 10.1. The average molecular weight is 322 g/mol. The molecule has 2 amide bonds. The fourth-order valence-corrected chi connectivity index (χ4v) is 2.39. The first-order chi connectivity index (χ1) is 11.6. The highest BCUT2D eigenvalue weighted by Crippen LogP contribution is 2.15. The highest BCUT2D eigenvalue weighted by atomic mass is 16.4. The van der Waals surface area contributed by atoms with Crippen LogP contribution in [0.15, 0.2) is 69.9 Å². The fraction of sp³-hybridized carbons (Fsp3) is 0.0556. The molecule has 1 unspecified atom stereocenters. The minimum absolute atomic E-state index is 0.184. The molecule has 1 heterocycles. The quantitative estimate of drug-likeness (QED) is 0.714. The van der Waals surface area contributed by atoms with Gasteiger partial charge in [-0.1, -0.05) is 48.5 Å². The maximum atomic E-state index is 12.4. The molecule has 0 bridgehead atoms. The van der Waals surface area contributed by atoms with Crippen LogP contribution in [0.2, 0.25) is 0 Å². The van der Waals surface area contributed by atoms with Gasteiger partial charge in [-0.3, -0.25) is 9.59 Å². The first-order valence-electron chi connectivity index (χ1n) is 7.24. The van der Waals surface area contributed by atoms with E-state index in [4.69, 9.17) is 10.2 Å². The third kappa shape index (κ3) is 3.03. The Morgan fingerprint density at radius 3 is 2.38 bits per heavy atom. The van der Waals surface area contributed by atoms with Crippen molar-refractivity contribution in [2.45, 2.75) is 6.04 Å². The SMILES string of the molecule is NC(=O)C(NC(=O)c1cc2ccccc2oc1=O)c1ccccc1. The number of hydrogen-bond donors (Lipinski definition) is 2. The van der Waals surface area contributed by atoms with E-state index >= 15 is 0 Å². The zero-order chi connectivity index (χ0) is 17.1. The largest absolute Gasteiger partial charge is 0.422 e. The zero-order valence-corrected chi connectivity index (χ0v) is 12.6. The van der Waals surface area contributed by atoms with Gasteiger partial charge in [0.25, 0.3) is 5.91 Å². The second-order valence-corrected chi connectivity index (χ2v) is 5.20. The molecule has 6 nitrogen and oxygen atoms in total. The molecule has 24 heavy (non-hydrogen) atoms. The maximum Gasteiger partial charge on any atom is 0.349 e. The molecule has 3 aromatic rings. The molecular formula is C18H14N2O4. The predicted molar refractivity (Wildman–Crippen MR) is 88.3 cm³/mol. The summed E-state index contributed by atoms with van der Waals surface area (Å²) in [6.45, 7) is 0. The lowest BCUT2D eigenvalue weighted by Gasteiger charge is -2.15. The number of rotatable bonds is 4. The van der Waals surface area contributed by atoms with Crippen LogP contribution < -0.4 is 16.7 Å². The lowest BCUT2D eigenvalue weighted by molar-refractivity contribution is -0.120. The van der Waals surface area contributed by atoms with Gasteiger partial charge in [0.1, 0.15) is 17.2 Å². The number of primary amides is 1. The van der Waals surface area contributed by atoms with Crippen molar-refractivity contribution in [3.05, 3.63) is 82.2 Å². The van der Waals surface area contributed by atoms with Gasteiger partial charge in [0.15, 0.2) is 0 Å². The van der Waals surface area contributed by atoms with E-state index in [1.54, 1.807) is 54.6 Å². The molecule has 0 aliphatic heterocycles. The summed E-state index contributed by atoms with van der Waals surface area (Å²) in [5, 5.41) is 3.09. The standard InChI is InChI=1S/C18H14N2O4/c19-16(21)15(11-6-2-1-3-7-11)20-17(22)13-10-12-8-4-5-9-14(12)24-18(13)23/h1-10,15H,(H2,19,21)(H,20,22). The molecule has 2 aromatic carbocycles. The lowest BCUT2D eigenvalue weighted by Crippen LogP contribution is -2.39. The molecule has 0 radical (unpaired) electrons. The summed E-state index contributed by atoms with van der Waals surface area (Å²) in [5.41, 5.74) is 5.32. The summed E-state index contributed by atoms with van der Waals surface area (Å²) in [4.78, 5) is 36.1. The Bertz CT molecular complexity index is 963. The van der Waals surface area contributed by atoms with Gasteiger partial charge in [-0.25, -0.2) is 4.79 Å². The minimum atomic E-state index is -1.04. The number of nitrogens with two attached hydrogens (primary N) is 1. The Morgan fingerprint density at radius 1 is 1.00 bits per heavy atom. The van der Waals surface area contributed by atoms with E-state index in [-0.39, 0.29) is 5.56 Å². The molecule has 120 valence electrons. The zero-order valence-electron chi connectivity index (χ0n) is 12.6. The molecule has 6 heteroatoms. The topological polar surface area (TPSA) is 102 Å². The van der Waals surface area contributed by atoms with Gasteiger partial charge in [0.2, 0.25) is 5.91 Å². The second-order valence-electron chi connectivity index (χ2n) is 5.20. The van der Waals surface area contributed by atoms with Gasteiger partial charge >= 0.3 is 5.63 Å². The monoisotopic (exact) mass is 322 g/mol. The number of nitrogens with one attached hydrogen (secondary N) is 1. The summed E-state index contributed by atoms with van der Waals surface area (Å²) in [5.74, 6) is -1.44. The Kier molecular flexibility index (Phi) is 4.11. The van der Waals surface area contributed by atoms with E-state index in [1.165, 1.54) is 6.07 Å². The van der Waals surface area contributed by atoms with Crippen molar-refractivity contribution < 1.29 is 14.0 Å². The van der Waals surface area contributed by atoms with E-state index in [0.717, 1.165) is 0 Å². The second kappa shape index (κ2) is 6.37. The van der Waals surface area contributed by atoms with Crippen molar-refractivity contribution in [3.63, 3.8) is 0 Å². The summed E-state index contributed by atoms with van der Waals surface area (Å²) in [6, 6.07) is 15.8. The molecule has 0 saturated carbocycles. The summed E-state index contributed by atoms with van der Waals surface area (Å²) in [6.07, 6.45) is 0. The number of carbonyl (C=O) groups excluding carboxylic acids is 2. The Balaban J connectivity index is 1.95. The van der Waals surface area contributed by atoms with Gasteiger partial charge in [0, 0.05) is 5.39 Å². The third-order valence-electron chi connectivity index (χ3n) is 3.58. The van der Waals surface area contributed by atoms with Crippen LogP contribution in [0.5, 0.6) is 0 Å². The summed E-state index contributed by atoms with van der Waals surface area (Å²) < 4.78 is 5.13. The van der Waals surface area contributed by atoms with Crippen molar-refractivity contribution in [2.24, 2.45) is 5.73 Å². The predicted octanol–water partition coefficient (Wildman–Crippen LogP) is 1.75. The van der Waals surface area contributed by atoms with E-state index in [1.807, 2.05) is 0 Å². The molecule has 0 spiro atoms. The van der Waals surface area contributed by atoms with Crippen molar-refractivity contribution >= 4 is 22.8 Å². The van der Waals surface area contributed by atoms with Crippen LogP contribution in [0.1, 0.15) is 22.0 Å². The van der Waals surface area contributed by atoms with Gasteiger partial charge in [-0.05, 0) is 17.7 Å². The Labute approximate surface area is 136 Å². The Morgan fingerprint density at radius 2 is 1.67 bits per heavy atom. The molecule has 0 aliphatic rings. The van der Waals surface area contributed by atoms with Crippen LogP contribution >= 0.6 is 0 Å². The number of para-hydroxylation sites is 1. The van der Waals surface area contributed by atoms with Gasteiger partial charge in [-0.2, -0.15) is 0 Å². The molecule has 3 N–H and O–H groups in total. The molecule has 1 atom stereocenters. The van der Waals surface area contributed by atoms with Gasteiger partial charge < -0.3 is 15.5 Å². The van der Waals surface area contributed by atoms with E-state index < -0.39 is 23.5 Å². The number of amides is 2. The summed E-state index contributed by atoms with van der Waals surface area (Å²) in [7, 11) is 0. The van der Waals surface area contributed by atoms with Crippen LogP contribution in [-0.2, 0) is 4.79 Å². The molecule has 1 aromatic heterocycles. The normalized spacial score (nSPS) is 11.8. The number of hydrogen-bond acceptors (Lipinski definition) is 4. The third-order valence-corrected chi connectivity index (χ3v) is 3.58. The van der Waals surface area contributed by atoms with Crippen molar-refractivity contribution in [3.8, 4) is 0 Å². The average Bonchev–Trinajstić information content (AvgIpc) is 2.59. The highest BCUT2D eigenvalue weighted by Gasteiger charge is 2.23. The van der Waals surface area contributed by atoms with Crippen LogP contribution in [0, 0.1) is 0 Å². The summed E-state index contributed by atoms with van der Waals surface area (Å²) >= 11 is 0. The van der Waals surface area contributed by atoms with Crippen LogP contribution in [-0.4, -0.2) is 11.8 Å². The Hall–Kier alpha value is -3.41. The van der Waals surface area contributed by atoms with Crippen LogP contribution in [0.3, 0.4) is 0 Å². The van der Waals surface area contributed by atoms with E-state index in [2.05, 4.69) is 5.32 Å². The maximum absolute atomic E-state index is 12.4. The van der Waals surface area contributed by atoms with Crippen molar-refractivity contribution in [1.82, 2.24) is 5.32 Å². The molecule has 0 saturated heterocycles. The first kappa shape index (κ1) is 15.5. The molecular weight excluding hydrogens is 308 g/mol. The van der Waals surface area contributed by atoms with Gasteiger partial charge in [0.05, 0.1) is 0 Å². The van der Waals surface area contributed by atoms with E-state index in [9.17, 15) is 14.4 Å².